The van der Waals surface area contributed by atoms with Crippen LogP contribution in [-0.4, -0.2) is 37.7 Å². The van der Waals surface area contributed by atoms with Gasteiger partial charge in [0.05, 0.1) is 0 Å². The number of nitrogens with one attached hydrogen (secondary N) is 2. The maximum Gasteiger partial charge on any atom is 0.321 e. The summed E-state index contributed by atoms with van der Waals surface area (Å²) in [5.74, 6) is 1.05. The third-order valence-corrected chi connectivity index (χ3v) is 4.77. The molecule has 1 fully saturated rings. The summed E-state index contributed by atoms with van der Waals surface area (Å²) in [5, 5.41) is 5.92. The van der Waals surface area contributed by atoms with E-state index in [1.807, 2.05) is 13.8 Å². The molecule has 0 saturated heterocycles. The van der Waals surface area contributed by atoms with Crippen LogP contribution in [0.5, 0.6) is 5.75 Å². The Morgan fingerprint density at radius 3 is 2.46 bits per heavy atom. The fraction of sp³-hybridized carbons (Fsp3) is 0.600. The second-order valence-corrected chi connectivity index (χ2v) is 7.38. The van der Waals surface area contributed by atoms with E-state index < -0.39 is 0 Å². The summed E-state index contributed by atoms with van der Waals surface area (Å²) in [6, 6.07) is 7.32. The molecule has 2 N–H and O–H groups in total. The predicted molar refractivity (Wildman–Crippen MR) is 104 cm³/mol. The smallest absolute Gasteiger partial charge is 0.321 e. The lowest BCUT2D eigenvalue weighted by Crippen LogP contribution is -2.43. The van der Waals surface area contributed by atoms with E-state index in [2.05, 4.69) is 17.6 Å². The van der Waals surface area contributed by atoms with Crippen LogP contribution in [0.15, 0.2) is 24.3 Å². The highest BCUT2D eigenvalue weighted by molar-refractivity contribution is 5.91. The summed E-state index contributed by atoms with van der Waals surface area (Å²) in [6.45, 7) is 6.03. The number of urea groups is 1. The van der Waals surface area contributed by atoms with Crippen molar-refractivity contribution in [3.05, 3.63) is 24.3 Å². The van der Waals surface area contributed by atoms with Crippen LogP contribution in [-0.2, 0) is 4.79 Å². The van der Waals surface area contributed by atoms with Crippen LogP contribution in [0.1, 0.15) is 46.5 Å². The number of carbonyl (C=O) groups is 2. The quantitative estimate of drug-likeness (QED) is 0.816. The van der Waals surface area contributed by atoms with E-state index >= 15 is 0 Å². The lowest BCUT2D eigenvalue weighted by Gasteiger charge is -2.29. The van der Waals surface area contributed by atoms with E-state index in [-0.39, 0.29) is 30.6 Å². The van der Waals surface area contributed by atoms with Gasteiger partial charge in [-0.25, -0.2) is 4.79 Å². The minimum atomic E-state index is -0.158. The number of ether oxygens (including phenoxy) is 1. The summed E-state index contributed by atoms with van der Waals surface area (Å²) < 4.78 is 5.57. The van der Waals surface area contributed by atoms with E-state index in [4.69, 9.17) is 4.74 Å². The molecule has 0 bridgehead atoms. The van der Waals surface area contributed by atoms with Gasteiger partial charge >= 0.3 is 6.03 Å². The van der Waals surface area contributed by atoms with Gasteiger partial charge in [0.2, 0.25) is 0 Å². The molecule has 144 valence electrons. The number of carbonyl (C=O) groups excluding carboxylic acids is 2. The van der Waals surface area contributed by atoms with Gasteiger partial charge in [-0.1, -0.05) is 19.8 Å². The summed E-state index contributed by atoms with van der Waals surface area (Å²) >= 11 is 0. The molecular weight excluding hydrogens is 330 g/mol. The Hall–Kier alpha value is -2.24. The number of hydrogen-bond donors (Lipinski definition) is 2. The Bertz CT molecular complexity index is 601. The van der Waals surface area contributed by atoms with E-state index in [9.17, 15) is 9.59 Å². The van der Waals surface area contributed by atoms with Crippen molar-refractivity contribution in [3.63, 3.8) is 0 Å². The maximum atomic E-state index is 12.1. The number of anilines is 1. The first-order valence-corrected chi connectivity index (χ1v) is 9.43. The molecule has 0 heterocycles. The van der Waals surface area contributed by atoms with E-state index in [0.29, 0.717) is 11.7 Å². The summed E-state index contributed by atoms with van der Waals surface area (Å²) in [5.41, 5.74) is 0.760. The molecule has 6 nitrogen and oxygen atoms in total. The first-order valence-electron chi connectivity index (χ1n) is 9.43. The van der Waals surface area contributed by atoms with Gasteiger partial charge in [-0.3, -0.25) is 9.69 Å². The second kappa shape index (κ2) is 9.46. The van der Waals surface area contributed by atoms with Gasteiger partial charge in [-0.05, 0) is 56.9 Å². The Balaban J connectivity index is 1.81. The molecule has 1 aromatic rings. The standard InChI is InChI=1S/C20H31N3O3/c1-14(2)21-20(25)23(4)16-9-11-17(12-10-16)26-13-19(24)22-18-8-6-5-7-15(18)3/h9-12,14-15,18H,5-8,13H2,1-4H3,(H,21,25)(H,22,24). The molecule has 0 aromatic heterocycles. The van der Waals surface area contributed by atoms with Gasteiger partial charge in [0.15, 0.2) is 6.61 Å². The highest BCUT2D eigenvalue weighted by Crippen LogP contribution is 2.23. The van der Waals surface area contributed by atoms with Crippen LogP contribution in [0.3, 0.4) is 0 Å². The van der Waals surface area contributed by atoms with Crippen LogP contribution in [0, 0.1) is 5.92 Å². The molecule has 6 heteroatoms. The molecule has 3 amide bonds. The molecule has 26 heavy (non-hydrogen) atoms. The van der Waals surface area contributed by atoms with Crippen molar-refractivity contribution < 1.29 is 14.3 Å². The molecule has 0 spiro atoms. The molecule has 1 saturated carbocycles. The SMILES string of the molecule is CC(C)NC(=O)N(C)c1ccc(OCC(=O)NC2CCCCC2C)cc1. The van der Waals surface area contributed by atoms with Gasteiger partial charge in [-0.2, -0.15) is 0 Å². The van der Waals surface area contributed by atoms with Crippen LogP contribution >= 0.6 is 0 Å². The van der Waals surface area contributed by atoms with Gasteiger partial charge in [0.1, 0.15) is 5.75 Å². The van der Waals surface area contributed by atoms with Crippen molar-refractivity contribution in [2.24, 2.45) is 5.92 Å². The minimum absolute atomic E-state index is 0.00619. The molecule has 0 radical (unpaired) electrons. The molecule has 2 rings (SSSR count). The van der Waals surface area contributed by atoms with Crippen molar-refractivity contribution >= 4 is 17.6 Å². The van der Waals surface area contributed by atoms with Gasteiger partial charge in [-0.15, -0.1) is 0 Å². The average molecular weight is 361 g/mol. The Kier molecular flexibility index (Phi) is 7.30. The lowest BCUT2D eigenvalue weighted by atomic mass is 9.86. The second-order valence-electron chi connectivity index (χ2n) is 7.38. The number of hydrogen-bond acceptors (Lipinski definition) is 3. The Morgan fingerprint density at radius 2 is 1.85 bits per heavy atom. The molecule has 1 aliphatic rings. The van der Waals surface area contributed by atoms with Crippen molar-refractivity contribution in [1.29, 1.82) is 0 Å². The van der Waals surface area contributed by atoms with Gasteiger partial charge in [0, 0.05) is 24.8 Å². The highest BCUT2D eigenvalue weighted by Gasteiger charge is 2.22. The van der Waals surface area contributed by atoms with Crippen molar-refractivity contribution in [2.45, 2.75) is 58.5 Å². The summed E-state index contributed by atoms with van der Waals surface area (Å²) in [6.07, 6.45) is 4.65. The third kappa shape index (κ3) is 5.93. The molecular formula is C20H31N3O3. The van der Waals surface area contributed by atoms with Crippen molar-refractivity contribution in [2.75, 3.05) is 18.6 Å². The number of rotatable bonds is 6. The van der Waals surface area contributed by atoms with Crippen LogP contribution in [0.25, 0.3) is 0 Å². The monoisotopic (exact) mass is 361 g/mol. The predicted octanol–water partition coefficient (Wildman–Crippen LogP) is 3.31. The zero-order valence-electron chi connectivity index (χ0n) is 16.2. The summed E-state index contributed by atoms with van der Waals surface area (Å²) in [7, 11) is 1.71. The summed E-state index contributed by atoms with van der Waals surface area (Å²) in [4.78, 5) is 25.6. The highest BCUT2D eigenvalue weighted by atomic mass is 16.5. The average Bonchev–Trinajstić information content (AvgIpc) is 2.61. The van der Waals surface area contributed by atoms with E-state index in [1.165, 1.54) is 19.3 Å². The van der Waals surface area contributed by atoms with Crippen molar-refractivity contribution in [1.82, 2.24) is 10.6 Å². The lowest BCUT2D eigenvalue weighted by molar-refractivity contribution is -0.124. The fourth-order valence-corrected chi connectivity index (χ4v) is 3.16. The zero-order valence-corrected chi connectivity index (χ0v) is 16.2. The third-order valence-electron chi connectivity index (χ3n) is 4.77. The first kappa shape index (κ1) is 20.1. The van der Waals surface area contributed by atoms with Crippen LogP contribution < -0.4 is 20.3 Å². The normalized spacial score (nSPS) is 19.7. The van der Waals surface area contributed by atoms with Crippen LogP contribution in [0.4, 0.5) is 10.5 Å². The zero-order chi connectivity index (χ0) is 19.1. The Labute approximate surface area is 156 Å². The van der Waals surface area contributed by atoms with Crippen LogP contribution in [0.2, 0.25) is 0 Å². The molecule has 0 aliphatic heterocycles. The van der Waals surface area contributed by atoms with Gasteiger partial charge < -0.3 is 15.4 Å². The van der Waals surface area contributed by atoms with Crippen molar-refractivity contribution in [3.8, 4) is 5.75 Å². The fourth-order valence-electron chi connectivity index (χ4n) is 3.16. The molecule has 1 aromatic carbocycles. The number of amides is 3. The maximum absolute atomic E-state index is 12.1. The molecule has 1 aliphatic carbocycles. The largest absolute Gasteiger partial charge is 0.484 e. The number of nitrogens with zero attached hydrogens (tertiary/aromatic N) is 1. The topological polar surface area (TPSA) is 70.7 Å². The van der Waals surface area contributed by atoms with Gasteiger partial charge in [0.25, 0.3) is 5.91 Å². The minimum Gasteiger partial charge on any atom is -0.484 e. The van der Waals surface area contributed by atoms with E-state index in [1.54, 1.807) is 36.2 Å². The van der Waals surface area contributed by atoms with E-state index in [0.717, 1.165) is 12.1 Å². The molecule has 2 unspecified atom stereocenters. The Morgan fingerprint density at radius 1 is 1.19 bits per heavy atom. The number of benzene rings is 1. The molecule has 2 atom stereocenters. The first-order chi connectivity index (χ1) is 12.4.